The summed E-state index contributed by atoms with van der Waals surface area (Å²) < 4.78 is 8.89. The van der Waals surface area contributed by atoms with Gasteiger partial charge in [0.15, 0.2) is 6.20 Å². The highest BCUT2D eigenvalue weighted by Crippen LogP contribution is 2.45. The minimum atomic E-state index is 0.509. The molecule has 0 aliphatic heterocycles. The molecule has 2 heterocycles. The molecule has 1 aliphatic rings. The van der Waals surface area contributed by atoms with E-state index in [0.717, 1.165) is 49.9 Å². The van der Waals surface area contributed by atoms with E-state index in [0.29, 0.717) is 17.4 Å². The number of aromatic nitrogens is 1. The van der Waals surface area contributed by atoms with E-state index >= 15 is 0 Å². The first-order valence-corrected chi connectivity index (χ1v) is 14.6. The van der Waals surface area contributed by atoms with Gasteiger partial charge in [-0.1, -0.05) is 79.6 Å². The van der Waals surface area contributed by atoms with Crippen molar-refractivity contribution in [2.45, 2.75) is 44.4 Å². The van der Waals surface area contributed by atoms with Crippen LogP contribution in [-0.4, -0.2) is 0 Å². The second kappa shape index (κ2) is 10.4. The van der Waals surface area contributed by atoms with Crippen LogP contribution in [0.15, 0.2) is 108 Å². The molecular weight excluding hydrogens is 500 g/mol. The van der Waals surface area contributed by atoms with E-state index in [1.54, 1.807) is 0 Å². The number of hydrogen-bond acceptors (Lipinski definition) is 2. The zero-order valence-electron chi connectivity index (χ0n) is 23.6. The maximum atomic E-state index is 10.2. The molecule has 0 spiro atoms. The zero-order chi connectivity index (χ0) is 27.9. The lowest BCUT2D eigenvalue weighted by molar-refractivity contribution is -0.660. The number of pyridine rings is 1. The molecule has 200 valence electrons. The third-order valence-electron chi connectivity index (χ3n) is 9.07. The molecule has 0 radical (unpaired) electrons. The summed E-state index contributed by atoms with van der Waals surface area (Å²) in [7, 11) is 2.06. The van der Waals surface area contributed by atoms with Crippen molar-refractivity contribution in [1.82, 2.24) is 0 Å². The van der Waals surface area contributed by atoms with Crippen molar-refractivity contribution < 1.29 is 8.98 Å². The van der Waals surface area contributed by atoms with Crippen molar-refractivity contribution >= 4 is 21.9 Å². The number of nitriles is 1. The average molecular weight is 534 g/mol. The molecule has 1 saturated carbocycles. The van der Waals surface area contributed by atoms with Gasteiger partial charge in [0.25, 0.3) is 0 Å². The first kappa shape index (κ1) is 25.3. The summed E-state index contributed by atoms with van der Waals surface area (Å²) in [5, 5.41) is 12.3. The summed E-state index contributed by atoms with van der Waals surface area (Å²) in [6, 6.07) is 36.9. The predicted octanol–water partition coefficient (Wildman–Crippen LogP) is 9.37. The molecule has 3 heteroatoms. The molecule has 6 aromatic rings. The molecule has 0 saturated heterocycles. The first-order chi connectivity index (χ1) is 20.1. The van der Waals surface area contributed by atoms with Crippen LogP contribution in [-0.2, 0) is 7.05 Å². The molecule has 0 N–H and O–H groups in total. The number of nitrogens with zero attached hydrogens (tertiary/aromatic N) is 2. The number of benzene rings is 4. The van der Waals surface area contributed by atoms with Gasteiger partial charge in [-0.3, -0.25) is 0 Å². The van der Waals surface area contributed by atoms with Gasteiger partial charge >= 0.3 is 0 Å². The molecule has 41 heavy (non-hydrogen) atoms. The topological polar surface area (TPSA) is 40.8 Å². The maximum absolute atomic E-state index is 10.2. The molecule has 3 nitrogen and oxygen atoms in total. The number of hydrogen-bond donors (Lipinski definition) is 0. The Bertz CT molecular complexity index is 1930. The van der Waals surface area contributed by atoms with Gasteiger partial charge in [-0.05, 0) is 72.1 Å². The van der Waals surface area contributed by atoms with Crippen LogP contribution in [0.5, 0.6) is 0 Å². The van der Waals surface area contributed by atoms with Crippen molar-refractivity contribution in [1.29, 1.82) is 5.26 Å². The molecule has 0 bridgehead atoms. The van der Waals surface area contributed by atoms with Gasteiger partial charge < -0.3 is 4.42 Å². The summed E-state index contributed by atoms with van der Waals surface area (Å²) in [6.45, 7) is 2.13. The van der Waals surface area contributed by atoms with Gasteiger partial charge in [0.05, 0.1) is 17.2 Å². The summed E-state index contributed by atoms with van der Waals surface area (Å²) in [5.41, 5.74) is 10.3. The third kappa shape index (κ3) is 4.32. The van der Waals surface area contributed by atoms with E-state index in [1.165, 1.54) is 36.8 Å². The number of fused-ring (bicyclic) bond motifs is 3. The number of furan rings is 1. The van der Waals surface area contributed by atoms with Crippen LogP contribution in [0.25, 0.3) is 44.3 Å². The van der Waals surface area contributed by atoms with E-state index in [2.05, 4.69) is 110 Å². The molecule has 2 unspecified atom stereocenters. The highest BCUT2D eigenvalue weighted by Gasteiger charge is 2.28. The maximum Gasteiger partial charge on any atom is 0.216 e. The fourth-order valence-corrected chi connectivity index (χ4v) is 7.01. The summed E-state index contributed by atoms with van der Waals surface area (Å²) >= 11 is 0. The summed E-state index contributed by atoms with van der Waals surface area (Å²) in [4.78, 5) is 0. The molecule has 1 fully saturated rings. The van der Waals surface area contributed by atoms with Gasteiger partial charge in [0.1, 0.15) is 18.2 Å². The van der Waals surface area contributed by atoms with Gasteiger partial charge in [0, 0.05) is 28.5 Å². The van der Waals surface area contributed by atoms with E-state index in [-0.39, 0.29) is 0 Å². The molecule has 4 aromatic carbocycles. The minimum absolute atomic E-state index is 0.509. The van der Waals surface area contributed by atoms with Crippen molar-refractivity contribution in [2.75, 3.05) is 0 Å². The number of rotatable bonds is 4. The minimum Gasteiger partial charge on any atom is -0.454 e. The van der Waals surface area contributed by atoms with Gasteiger partial charge in [-0.25, -0.2) is 4.57 Å². The molecule has 7 rings (SSSR count). The molecule has 2 aromatic heterocycles. The fourth-order valence-electron chi connectivity index (χ4n) is 7.01. The third-order valence-corrected chi connectivity index (χ3v) is 9.07. The van der Waals surface area contributed by atoms with Gasteiger partial charge in [-0.15, -0.1) is 0 Å². The van der Waals surface area contributed by atoms with E-state index < -0.39 is 0 Å². The van der Waals surface area contributed by atoms with Gasteiger partial charge in [-0.2, -0.15) is 5.26 Å². The van der Waals surface area contributed by atoms with Crippen molar-refractivity contribution in [3.63, 3.8) is 0 Å². The van der Waals surface area contributed by atoms with Crippen molar-refractivity contribution in [3.05, 3.63) is 126 Å². The largest absolute Gasteiger partial charge is 0.454 e. The Kier molecular flexibility index (Phi) is 6.40. The van der Waals surface area contributed by atoms with E-state index in [4.69, 9.17) is 4.42 Å². The molecule has 1 aliphatic carbocycles. The van der Waals surface area contributed by atoms with Crippen LogP contribution in [0.4, 0.5) is 0 Å². The summed E-state index contributed by atoms with van der Waals surface area (Å²) in [5.74, 6) is 1.06. The SMILES string of the molecule is Cc1ccc2c(oc3c(-c4ccc(C5CCCCC5c5ccccc5)cc4)c(C#N)ccc32)c1-c1cccc[n+]1C. The molecular formula is C38H33N2O+. The van der Waals surface area contributed by atoms with Gasteiger partial charge in [0.2, 0.25) is 5.69 Å². The Labute approximate surface area is 241 Å². The standard InChI is InChI=1S/C38H33N2O/c1-25-15-21-32-33-22-20-29(24-39)36(38(33)41-37(32)35(25)34-14-8-9-23-40(34)2)28-18-16-27(17-19-28)31-13-7-6-12-30(31)26-10-4-3-5-11-26/h3-5,8-11,14-23,30-31H,6-7,12-13H2,1-2H3/q+1. The van der Waals surface area contributed by atoms with Crippen LogP contribution >= 0.6 is 0 Å². The van der Waals surface area contributed by atoms with Crippen LogP contribution in [0.1, 0.15) is 59.8 Å². The zero-order valence-corrected chi connectivity index (χ0v) is 23.6. The second-order valence-corrected chi connectivity index (χ2v) is 11.4. The first-order valence-electron chi connectivity index (χ1n) is 14.6. The van der Waals surface area contributed by atoms with Crippen LogP contribution < -0.4 is 4.57 Å². The lowest BCUT2D eigenvalue weighted by Crippen LogP contribution is -2.30. The normalized spacial score (nSPS) is 17.1. The summed E-state index contributed by atoms with van der Waals surface area (Å²) in [6.07, 6.45) is 7.06. The fraction of sp³-hybridized carbons (Fsp3) is 0.211. The Morgan fingerprint density at radius 1 is 0.707 bits per heavy atom. The van der Waals surface area contributed by atoms with Crippen molar-refractivity contribution in [3.8, 4) is 28.5 Å². The second-order valence-electron chi connectivity index (χ2n) is 11.4. The Balaban J connectivity index is 1.36. The van der Waals surface area contributed by atoms with E-state index in [1.807, 2.05) is 18.2 Å². The average Bonchev–Trinajstić information content (AvgIpc) is 3.40. The van der Waals surface area contributed by atoms with Crippen LogP contribution in [0.2, 0.25) is 0 Å². The highest BCUT2D eigenvalue weighted by atomic mass is 16.3. The molecule has 0 amide bonds. The van der Waals surface area contributed by atoms with Crippen LogP contribution in [0, 0.1) is 18.3 Å². The Morgan fingerprint density at radius 2 is 1.34 bits per heavy atom. The predicted molar refractivity (Wildman–Crippen MR) is 166 cm³/mol. The monoisotopic (exact) mass is 533 g/mol. The smallest absolute Gasteiger partial charge is 0.216 e. The number of aryl methyl sites for hydroxylation is 2. The lowest BCUT2D eigenvalue weighted by atomic mass is 9.72. The van der Waals surface area contributed by atoms with E-state index in [9.17, 15) is 5.26 Å². The molecule has 2 atom stereocenters. The Hall–Kier alpha value is -4.68. The quantitative estimate of drug-likeness (QED) is 0.212. The van der Waals surface area contributed by atoms with Crippen LogP contribution in [0.3, 0.4) is 0 Å². The lowest BCUT2D eigenvalue weighted by Gasteiger charge is -2.32. The highest BCUT2D eigenvalue weighted by molar-refractivity contribution is 6.14. The Morgan fingerprint density at radius 3 is 2.02 bits per heavy atom. The van der Waals surface area contributed by atoms with Crippen molar-refractivity contribution in [2.24, 2.45) is 7.05 Å².